The van der Waals surface area contributed by atoms with Crippen molar-refractivity contribution in [2.45, 2.75) is 18.9 Å². The number of carbonyl (C=O) groups excluding carboxylic acids is 1. The van der Waals surface area contributed by atoms with Crippen LogP contribution in [0.4, 0.5) is 0 Å². The van der Waals surface area contributed by atoms with Crippen molar-refractivity contribution in [3.05, 3.63) is 77.3 Å². The fourth-order valence-corrected chi connectivity index (χ4v) is 3.43. The van der Waals surface area contributed by atoms with Crippen molar-refractivity contribution in [2.75, 3.05) is 6.61 Å². The van der Waals surface area contributed by atoms with Gasteiger partial charge >= 0.3 is 0 Å². The molecular formula is C20H20N2O2S. The summed E-state index contributed by atoms with van der Waals surface area (Å²) in [5.74, 6) is -0.125. The number of thiazole rings is 1. The number of aliphatic hydroxyl groups is 1. The van der Waals surface area contributed by atoms with Crippen molar-refractivity contribution in [1.82, 2.24) is 10.3 Å². The van der Waals surface area contributed by atoms with Crippen LogP contribution in [0.5, 0.6) is 0 Å². The van der Waals surface area contributed by atoms with E-state index in [4.69, 9.17) is 0 Å². The van der Waals surface area contributed by atoms with Gasteiger partial charge in [-0.1, -0.05) is 60.7 Å². The predicted octanol–water partition coefficient (Wildman–Crippen LogP) is 3.07. The Bertz CT molecular complexity index is 803. The molecule has 1 aromatic heterocycles. The van der Waals surface area contributed by atoms with Gasteiger partial charge in [-0.3, -0.25) is 4.79 Å². The molecule has 2 aromatic carbocycles. The minimum absolute atomic E-state index is 0.0903. The maximum absolute atomic E-state index is 12.3. The molecule has 25 heavy (non-hydrogen) atoms. The largest absolute Gasteiger partial charge is 0.394 e. The van der Waals surface area contributed by atoms with E-state index in [1.54, 1.807) is 0 Å². The van der Waals surface area contributed by atoms with E-state index in [0.717, 1.165) is 21.8 Å². The molecule has 0 fully saturated rings. The number of nitrogens with one attached hydrogen (secondary N) is 1. The summed E-state index contributed by atoms with van der Waals surface area (Å²) >= 11 is 1.53. The fraction of sp³-hybridized carbons (Fsp3) is 0.200. The van der Waals surface area contributed by atoms with Gasteiger partial charge < -0.3 is 10.4 Å². The van der Waals surface area contributed by atoms with E-state index < -0.39 is 0 Å². The molecule has 0 aliphatic carbocycles. The van der Waals surface area contributed by atoms with Crippen molar-refractivity contribution in [2.24, 2.45) is 0 Å². The highest BCUT2D eigenvalue weighted by molar-refractivity contribution is 7.13. The Kier molecular flexibility index (Phi) is 5.93. The van der Waals surface area contributed by atoms with Crippen molar-refractivity contribution in [3.8, 4) is 10.6 Å². The highest BCUT2D eigenvalue weighted by atomic mass is 32.1. The minimum Gasteiger partial charge on any atom is -0.394 e. The lowest BCUT2D eigenvalue weighted by Crippen LogP contribution is -2.39. The van der Waals surface area contributed by atoms with E-state index in [1.165, 1.54) is 11.3 Å². The number of amides is 1. The van der Waals surface area contributed by atoms with Gasteiger partial charge in [0.2, 0.25) is 5.91 Å². The molecule has 0 saturated heterocycles. The molecule has 0 radical (unpaired) electrons. The van der Waals surface area contributed by atoms with E-state index >= 15 is 0 Å². The zero-order valence-electron chi connectivity index (χ0n) is 13.8. The lowest BCUT2D eigenvalue weighted by molar-refractivity contribution is -0.121. The minimum atomic E-state index is -0.290. The van der Waals surface area contributed by atoms with Crippen molar-refractivity contribution in [3.63, 3.8) is 0 Å². The number of rotatable bonds is 7. The van der Waals surface area contributed by atoms with Crippen LogP contribution in [-0.2, 0) is 17.6 Å². The van der Waals surface area contributed by atoms with Gasteiger partial charge in [-0.05, 0) is 12.0 Å². The quantitative estimate of drug-likeness (QED) is 0.687. The van der Waals surface area contributed by atoms with Gasteiger partial charge in [-0.2, -0.15) is 0 Å². The van der Waals surface area contributed by atoms with Gasteiger partial charge in [0.25, 0.3) is 0 Å². The van der Waals surface area contributed by atoms with Crippen LogP contribution in [0.3, 0.4) is 0 Å². The SMILES string of the molecule is O=C(Cc1csc(-c2ccccc2)n1)N[C@@H](CO)Cc1ccccc1. The van der Waals surface area contributed by atoms with E-state index in [9.17, 15) is 9.90 Å². The summed E-state index contributed by atoms with van der Waals surface area (Å²) in [6, 6.07) is 19.4. The third-order valence-electron chi connectivity index (χ3n) is 3.82. The molecule has 0 saturated carbocycles. The van der Waals surface area contributed by atoms with Gasteiger partial charge in [0.15, 0.2) is 0 Å². The van der Waals surface area contributed by atoms with Gasteiger partial charge in [-0.25, -0.2) is 4.98 Å². The number of hydrogen-bond acceptors (Lipinski definition) is 4. The second kappa shape index (κ2) is 8.55. The molecule has 0 unspecified atom stereocenters. The van der Waals surface area contributed by atoms with E-state index in [0.29, 0.717) is 6.42 Å². The molecule has 4 nitrogen and oxygen atoms in total. The molecule has 3 rings (SSSR count). The van der Waals surface area contributed by atoms with Crippen LogP contribution in [0.2, 0.25) is 0 Å². The lowest BCUT2D eigenvalue weighted by atomic mass is 10.1. The van der Waals surface area contributed by atoms with E-state index in [2.05, 4.69) is 10.3 Å². The standard InChI is InChI=1S/C20H20N2O2S/c23-13-17(11-15-7-3-1-4-8-15)21-19(24)12-18-14-25-20(22-18)16-9-5-2-6-10-16/h1-10,14,17,23H,11-13H2,(H,21,24)/t17-/m1/s1. The topological polar surface area (TPSA) is 62.2 Å². The maximum atomic E-state index is 12.3. The van der Waals surface area contributed by atoms with Crippen LogP contribution in [-0.4, -0.2) is 28.6 Å². The Balaban J connectivity index is 1.57. The molecule has 128 valence electrons. The molecular weight excluding hydrogens is 332 g/mol. The monoisotopic (exact) mass is 352 g/mol. The summed E-state index contributed by atoms with van der Waals surface area (Å²) in [6.45, 7) is -0.0903. The van der Waals surface area contributed by atoms with Gasteiger partial charge in [0, 0.05) is 10.9 Å². The molecule has 2 N–H and O–H groups in total. The third-order valence-corrected chi connectivity index (χ3v) is 4.76. The average Bonchev–Trinajstić information content (AvgIpc) is 3.11. The van der Waals surface area contributed by atoms with Crippen molar-refractivity contribution < 1.29 is 9.90 Å². The number of carbonyl (C=O) groups is 1. The maximum Gasteiger partial charge on any atom is 0.226 e. The molecule has 0 aliphatic heterocycles. The van der Waals surface area contributed by atoms with E-state index in [-0.39, 0.29) is 25.0 Å². The second-order valence-electron chi connectivity index (χ2n) is 5.82. The van der Waals surface area contributed by atoms with Crippen molar-refractivity contribution >= 4 is 17.2 Å². The summed E-state index contributed by atoms with van der Waals surface area (Å²) in [7, 11) is 0. The van der Waals surface area contributed by atoms with Crippen LogP contribution in [0.1, 0.15) is 11.3 Å². The molecule has 0 bridgehead atoms. The first-order valence-electron chi connectivity index (χ1n) is 8.18. The highest BCUT2D eigenvalue weighted by Crippen LogP contribution is 2.23. The molecule has 0 aliphatic rings. The van der Waals surface area contributed by atoms with Gasteiger partial charge in [-0.15, -0.1) is 11.3 Å². The van der Waals surface area contributed by atoms with Gasteiger partial charge in [0.05, 0.1) is 24.8 Å². The molecule has 0 spiro atoms. The van der Waals surface area contributed by atoms with Crippen LogP contribution in [0.15, 0.2) is 66.0 Å². The first-order valence-corrected chi connectivity index (χ1v) is 9.06. The summed E-state index contributed by atoms with van der Waals surface area (Å²) in [5, 5.41) is 15.2. The van der Waals surface area contributed by atoms with Crippen LogP contribution in [0.25, 0.3) is 10.6 Å². The first kappa shape index (κ1) is 17.3. The Morgan fingerprint density at radius 2 is 1.76 bits per heavy atom. The second-order valence-corrected chi connectivity index (χ2v) is 6.68. The summed E-state index contributed by atoms with van der Waals surface area (Å²) in [6.07, 6.45) is 0.823. The molecule has 1 heterocycles. The van der Waals surface area contributed by atoms with Crippen LogP contribution >= 0.6 is 11.3 Å². The Hall–Kier alpha value is -2.50. The summed E-state index contributed by atoms with van der Waals surface area (Å²) in [5.41, 5.74) is 2.89. The Morgan fingerprint density at radius 3 is 2.44 bits per heavy atom. The van der Waals surface area contributed by atoms with Gasteiger partial charge in [0.1, 0.15) is 5.01 Å². The molecule has 1 atom stereocenters. The molecule has 1 amide bonds. The molecule has 5 heteroatoms. The van der Waals surface area contributed by atoms with Crippen LogP contribution < -0.4 is 5.32 Å². The zero-order chi connectivity index (χ0) is 17.5. The fourth-order valence-electron chi connectivity index (χ4n) is 2.60. The first-order chi connectivity index (χ1) is 12.2. The zero-order valence-corrected chi connectivity index (χ0v) is 14.6. The number of hydrogen-bond donors (Lipinski definition) is 2. The summed E-state index contributed by atoms with van der Waals surface area (Å²) in [4.78, 5) is 16.8. The Labute approximate surface area is 151 Å². The summed E-state index contributed by atoms with van der Waals surface area (Å²) < 4.78 is 0. The average molecular weight is 352 g/mol. The van der Waals surface area contributed by atoms with Crippen LogP contribution in [0, 0.1) is 0 Å². The number of aromatic nitrogens is 1. The molecule has 3 aromatic rings. The number of benzene rings is 2. The predicted molar refractivity (Wildman–Crippen MR) is 100 cm³/mol. The van der Waals surface area contributed by atoms with E-state index in [1.807, 2.05) is 66.0 Å². The normalized spacial score (nSPS) is 11.9. The Morgan fingerprint density at radius 1 is 1.08 bits per heavy atom. The smallest absolute Gasteiger partial charge is 0.226 e. The third kappa shape index (κ3) is 4.98. The van der Waals surface area contributed by atoms with Crippen molar-refractivity contribution in [1.29, 1.82) is 0 Å². The number of nitrogens with zero attached hydrogens (tertiary/aromatic N) is 1. The highest BCUT2D eigenvalue weighted by Gasteiger charge is 2.14. The lowest BCUT2D eigenvalue weighted by Gasteiger charge is -2.16. The number of aliphatic hydroxyl groups excluding tert-OH is 1.